The first-order valence-electron chi connectivity index (χ1n) is 8.45. The number of nitrogens with one attached hydrogen (secondary N) is 2. The Hall–Kier alpha value is -1.40. The van der Waals surface area contributed by atoms with Crippen molar-refractivity contribution >= 4 is 23.2 Å². The summed E-state index contributed by atoms with van der Waals surface area (Å²) in [6.07, 6.45) is 3.62. The van der Waals surface area contributed by atoms with E-state index in [-0.39, 0.29) is 18.4 Å². The molecule has 0 spiro atoms. The Balaban J connectivity index is 1.64. The molecule has 1 aromatic heterocycles. The van der Waals surface area contributed by atoms with Crippen molar-refractivity contribution in [3.8, 4) is 0 Å². The average molecular weight is 337 g/mol. The number of likely N-dealkylation sites (tertiary alicyclic amines) is 1. The molecule has 0 aromatic carbocycles. The second-order valence-corrected chi connectivity index (χ2v) is 7.19. The van der Waals surface area contributed by atoms with Gasteiger partial charge in [-0.25, -0.2) is 0 Å². The van der Waals surface area contributed by atoms with Crippen molar-refractivity contribution in [3.63, 3.8) is 0 Å². The molecule has 0 saturated carbocycles. The molecule has 128 valence electrons. The van der Waals surface area contributed by atoms with E-state index in [1.165, 1.54) is 11.3 Å². The molecule has 2 rings (SSSR count). The molecule has 1 saturated heterocycles. The SMILES string of the molecule is CCCC(=O)NCC(=O)NC[C@H]1CCCN(Cc2cccs2)C1. The number of rotatable bonds is 8. The van der Waals surface area contributed by atoms with E-state index in [4.69, 9.17) is 0 Å². The zero-order valence-corrected chi connectivity index (χ0v) is 14.7. The summed E-state index contributed by atoms with van der Waals surface area (Å²) in [6, 6.07) is 4.27. The van der Waals surface area contributed by atoms with E-state index >= 15 is 0 Å². The topological polar surface area (TPSA) is 61.4 Å². The van der Waals surface area contributed by atoms with Crippen molar-refractivity contribution in [2.45, 2.75) is 39.2 Å². The Morgan fingerprint density at radius 2 is 2.22 bits per heavy atom. The number of amides is 2. The predicted octanol–water partition coefficient (Wildman–Crippen LogP) is 1.99. The lowest BCUT2D eigenvalue weighted by Crippen LogP contribution is -2.43. The Kier molecular flexibility index (Phi) is 7.55. The molecule has 1 fully saturated rings. The number of hydrogen-bond acceptors (Lipinski definition) is 4. The molecular formula is C17H27N3O2S. The third kappa shape index (κ3) is 6.71. The smallest absolute Gasteiger partial charge is 0.239 e. The number of hydrogen-bond donors (Lipinski definition) is 2. The maximum atomic E-state index is 11.8. The van der Waals surface area contributed by atoms with E-state index in [1.54, 1.807) is 11.3 Å². The molecule has 1 aliphatic rings. The summed E-state index contributed by atoms with van der Waals surface area (Å²) in [7, 11) is 0. The van der Waals surface area contributed by atoms with Gasteiger partial charge in [0.2, 0.25) is 11.8 Å². The van der Waals surface area contributed by atoms with Crippen LogP contribution in [0, 0.1) is 5.92 Å². The normalized spacial score (nSPS) is 18.6. The minimum Gasteiger partial charge on any atom is -0.354 e. The standard InChI is InChI=1S/C17H27N3O2S/c1-2-5-16(21)19-11-17(22)18-10-14-6-3-8-20(12-14)13-15-7-4-9-23-15/h4,7,9,14H,2-3,5-6,8,10-13H2,1H3,(H,18,22)(H,19,21)/t14-/m1/s1. The second kappa shape index (κ2) is 9.67. The summed E-state index contributed by atoms with van der Waals surface area (Å²) in [6.45, 7) is 5.91. The van der Waals surface area contributed by atoms with Crippen molar-refractivity contribution in [3.05, 3.63) is 22.4 Å². The molecule has 2 N–H and O–H groups in total. The Morgan fingerprint density at radius 3 is 2.96 bits per heavy atom. The summed E-state index contributed by atoms with van der Waals surface area (Å²) in [5.74, 6) is 0.353. The zero-order chi connectivity index (χ0) is 16.5. The molecule has 5 nitrogen and oxygen atoms in total. The third-order valence-corrected chi connectivity index (χ3v) is 4.93. The van der Waals surface area contributed by atoms with Crippen molar-refractivity contribution in [1.29, 1.82) is 0 Å². The van der Waals surface area contributed by atoms with Crippen LogP contribution in [0.15, 0.2) is 17.5 Å². The number of thiophene rings is 1. The largest absolute Gasteiger partial charge is 0.354 e. The monoisotopic (exact) mass is 337 g/mol. The van der Waals surface area contributed by atoms with Crippen molar-refractivity contribution in [2.75, 3.05) is 26.2 Å². The van der Waals surface area contributed by atoms with Gasteiger partial charge in [-0.3, -0.25) is 14.5 Å². The van der Waals surface area contributed by atoms with Gasteiger partial charge < -0.3 is 10.6 Å². The van der Waals surface area contributed by atoms with Gasteiger partial charge in [0.25, 0.3) is 0 Å². The van der Waals surface area contributed by atoms with E-state index in [9.17, 15) is 9.59 Å². The van der Waals surface area contributed by atoms with Gasteiger partial charge in [-0.05, 0) is 43.2 Å². The van der Waals surface area contributed by atoms with E-state index in [0.717, 1.165) is 32.5 Å². The van der Waals surface area contributed by atoms with Gasteiger partial charge in [-0.2, -0.15) is 0 Å². The van der Waals surface area contributed by atoms with Crippen LogP contribution in [0.5, 0.6) is 0 Å². The fraction of sp³-hybridized carbons (Fsp3) is 0.647. The van der Waals surface area contributed by atoms with Crippen molar-refractivity contribution < 1.29 is 9.59 Å². The van der Waals surface area contributed by atoms with Crippen LogP contribution in [0.2, 0.25) is 0 Å². The molecule has 0 unspecified atom stereocenters. The Labute approximate surface area is 142 Å². The predicted molar refractivity (Wildman–Crippen MR) is 93.2 cm³/mol. The Morgan fingerprint density at radius 1 is 1.35 bits per heavy atom. The lowest BCUT2D eigenvalue weighted by molar-refractivity contribution is -0.126. The average Bonchev–Trinajstić information content (AvgIpc) is 3.04. The highest BCUT2D eigenvalue weighted by molar-refractivity contribution is 7.09. The molecule has 1 atom stereocenters. The summed E-state index contributed by atoms with van der Waals surface area (Å²) in [5.41, 5.74) is 0. The second-order valence-electron chi connectivity index (χ2n) is 6.15. The minimum atomic E-state index is -0.0927. The van der Waals surface area contributed by atoms with Crippen molar-refractivity contribution in [1.82, 2.24) is 15.5 Å². The van der Waals surface area contributed by atoms with Crippen molar-refractivity contribution in [2.24, 2.45) is 5.92 Å². The fourth-order valence-electron chi connectivity index (χ4n) is 2.90. The lowest BCUT2D eigenvalue weighted by Gasteiger charge is -2.32. The highest BCUT2D eigenvalue weighted by atomic mass is 32.1. The fourth-order valence-corrected chi connectivity index (χ4v) is 3.65. The van der Waals surface area contributed by atoms with Crippen LogP contribution in [0.25, 0.3) is 0 Å². The van der Waals surface area contributed by atoms with Crippen LogP contribution in [-0.4, -0.2) is 42.9 Å². The van der Waals surface area contributed by atoms with Crippen LogP contribution in [0.4, 0.5) is 0 Å². The first-order chi connectivity index (χ1) is 11.2. The molecular weight excluding hydrogens is 310 g/mol. The number of piperidine rings is 1. The maximum absolute atomic E-state index is 11.8. The highest BCUT2D eigenvalue weighted by Gasteiger charge is 2.20. The van der Waals surface area contributed by atoms with Gasteiger partial charge >= 0.3 is 0 Å². The summed E-state index contributed by atoms with van der Waals surface area (Å²) in [5, 5.41) is 7.72. The highest BCUT2D eigenvalue weighted by Crippen LogP contribution is 2.19. The third-order valence-electron chi connectivity index (χ3n) is 4.07. The van der Waals surface area contributed by atoms with Gasteiger partial charge in [0.1, 0.15) is 0 Å². The molecule has 1 aromatic rings. The quantitative estimate of drug-likeness (QED) is 0.763. The number of nitrogens with zero attached hydrogens (tertiary/aromatic N) is 1. The van der Waals surface area contributed by atoms with Gasteiger partial charge in [0.05, 0.1) is 6.54 Å². The summed E-state index contributed by atoms with van der Waals surface area (Å²) in [4.78, 5) is 27.0. The van der Waals surface area contributed by atoms with Crippen LogP contribution in [0.3, 0.4) is 0 Å². The molecule has 0 radical (unpaired) electrons. The molecule has 1 aliphatic heterocycles. The van der Waals surface area contributed by atoms with Crippen LogP contribution < -0.4 is 10.6 Å². The van der Waals surface area contributed by atoms with E-state index in [2.05, 4.69) is 33.0 Å². The van der Waals surface area contributed by atoms with Gasteiger partial charge in [0, 0.05) is 30.9 Å². The number of carbonyl (C=O) groups is 2. The van der Waals surface area contributed by atoms with Gasteiger partial charge in [-0.15, -0.1) is 11.3 Å². The maximum Gasteiger partial charge on any atom is 0.239 e. The van der Waals surface area contributed by atoms with Crippen LogP contribution in [0.1, 0.15) is 37.5 Å². The lowest BCUT2D eigenvalue weighted by atomic mass is 9.98. The molecule has 2 amide bonds. The van der Waals surface area contributed by atoms with Gasteiger partial charge in [0.15, 0.2) is 0 Å². The van der Waals surface area contributed by atoms with Crippen LogP contribution >= 0.6 is 11.3 Å². The van der Waals surface area contributed by atoms with E-state index in [1.807, 2.05) is 6.92 Å². The Bertz CT molecular complexity index is 490. The van der Waals surface area contributed by atoms with Crippen LogP contribution in [-0.2, 0) is 16.1 Å². The van der Waals surface area contributed by atoms with E-state index in [0.29, 0.717) is 18.9 Å². The van der Waals surface area contributed by atoms with Gasteiger partial charge in [-0.1, -0.05) is 13.0 Å². The first-order valence-corrected chi connectivity index (χ1v) is 9.33. The number of carbonyl (C=O) groups excluding carboxylic acids is 2. The zero-order valence-electron chi connectivity index (χ0n) is 13.8. The molecule has 0 aliphatic carbocycles. The molecule has 23 heavy (non-hydrogen) atoms. The summed E-state index contributed by atoms with van der Waals surface area (Å²) >= 11 is 1.80. The molecule has 0 bridgehead atoms. The summed E-state index contributed by atoms with van der Waals surface area (Å²) < 4.78 is 0. The molecule has 2 heterocycles. The van der Waals surface area contributed by atoms with E-state index < -0.39 is 0 Å². The molecule has 6 heteroatoms. The first kappa shape index (κ1) is 17.9. The minimum absolute atomic E-state index is 0.0533.